The molecule has 6 heteroatoms. The van der Waals surface area contributed by atoms with Crippen molar-refractivity contribution in [1.82, 2.24) is 5.32 Å². The number of thiophene rings is 1. The van der Waals surface area contributed by atoms with Crippen LogP contribution in [0.1, 0.15) is 35.9 Å². The standard InChI is InChI=1S/C11H14ClNO3S/c1-2-3-7(6-9(14)15)13-11(16)10-8(12)4-5-17-10/h4-5,7H,2-3,6H2,1H3,(H,13,16)(H,14,15)/t7-/m0/s1. The highest BCUT2D eigenvalue weighted by Crippen LogP contribution is 2.22. The van der Waals surface area contributed by atoms with E-state index >= 15 is 0 Å². The second-order valence-electron chi connectivity index (χ2n) is 3.65. The van der Waals surface area contributed by atoms with E-state index in [1.54, 1.807) is 11.4 Å². The van der Waals surface area contributed by atoms with Crippen LogP contribution in [-0.2, 0) is 4.79 Å². The van der Waals surface area contributed by atoms with E-state index in [9.17, 15) is 9.59 Å². The van der Waals surface area contributed by atoms with Crippen molar-refractivity contribution in [2.45, 2.75) is 32.2 Å². The van der Waals surface area contributed by atoms with Crippen LogP contribution in [0.3, 0.4) is 0 Å². The third-order valence-electron chi connectivity index (χ3n) is 2.22. The van der Waals surface area contributed by atoms with Crippen molar-refractivity contribution in [2.75, 3.05) is 0 Å². The predicted molar refractivity (Wildman–Crippen MR) is 67.7 cm³/mol. The Morgan fingerprint density at radius 2 is 2.29 bits per heavy atom. The Kier molecular flexibility index (Phi) is 5.44. The number of nitrogens with one attached hydrogen (secondary N) is 1. The van der Waals surface area contributed by atoms with Gasteiger partial charge in [0.05, 0.1) is 11.4 Å². The van der Waals surface area contributed by atoms with Gasteiger partial charge in [-0.15, -0.1) is 11.3 Å². The molecule has 2 N–H and O–H groups in total. The van der Waals surface area contributed by atoms with Crippen molar-refractivity contribution in [3.8, 4) is 0 Å². The minimum atomic E-state index is -0.916. The lowest BCUT2D eigenvalue weighted by molar-refractivity contribution is -0.137. The Morgan fingerprint density at radius 1 is 1.59 bits per heavy atom. The molecule has 0 bridgehead atoms. The summed E-state index contributed by atoms with van der Waals surface area (Å²) < 4.78 is 0. The monoisotopic (exact) mass is 275 g/mol. The maximum atomic E-state index is 11.8. The third-order valence-corrected chi connectivity index (χ3v) is 3.56. The quantitative estimate of drug-likeness (QED) is 0.839. The fourth-order valence-electron chi connectivity index (χ4n) is 1.49. The molecule has 17 heavy (non-hydrogen) atoms. The van der Waals surface area contributed by atoms with Crippen LogP contribution in [0.15, 0.2) is 11.4 Å². The first-order chi connectivity index (χ1) is 8.04. The molecule has 4 nitrogen and oxygen atoms in total. The summed E-state index contributed by atoms with van der Waals surface area (Å²) in [5, 5.41) is 13.6. The van der Waals surface area contributed by atoms with Gasteiger partial charge in [-0.2, -0.15) is 0 Å². The van der Waals surface area contributed by atoms with Gasteiger partial charge < -0.3 is 10.4 Å². The SMILES string of the molecule is CCC[C@@H](CC(=O)O)NC(=O)c1sccc1Cl. The van der Waals surface area contributed by atoms with Gasteiger partial charge in [0.1, 0.15) is 4.88 Å². The molecule has 0 spiro atoms. The number of carbonyl (C=O) groups excluding carboxylic acids is 1. The highest BCUT2D eigenvalue weighted by molar-refractivity contribution is 7.12. The number of carbonyl (C=O) groups is 2. The molecule has 0 saturated heterocycles. The number of halogens is 1. The number of carboxylic acid groups (broad SMARTS) is 1. The molecular weight excluding hydrogens is 262 g/mol. The van der Waals surface area contributed by atoms with Crippen LogP contribution in [0.25, 0.3) is 0 Å². The summed E-state index contributed by atoms with van der Waals surface area (Å²) in [6.45, 7) is 1.94. The molecule has 1 rings (SSSR count). The van der Waals surface area contributed by atoms with Gasteiger partial charge in [-0.05, 0) is 17.9 Å². The minimum Gasteiger partial charge on any atom is -0.481 e. The molecule has 0 aliphatic rings. The Balaban J connectivity index is 2.64. The van der Waals surface area contributed by atoms with E-state index in [1.165, 1.54) is 11.3 Å². The second kappa shape index (κ2) is 6.61. The summed E-state index contributed by atoms with van der Waals surface area (Å²) in [5.74, 6) is -1.22. The minimum absolute atomic E-state index is 0.0669. The third kappa shape index (κ3) is 4.36. The average Bonchev–Trinajstić information content (AvgIpc) is 2.63. The second-order valence-corrected chi connectivity index (χ2v) is 4.98. The van der Waals surface area contributed by atoms with E-state index < -0.39 is 5.97 Å². The van der Waals surface area contributed by atoms with Gasteiger partial charge in [0.15, 0.2) is 0 Å². The first kappa shape index (κ1) is 14.0. The molecule has 1 heterocycles. The molecule has 0 saturated carbocycles. The van der Waals surface area contributed by atoms with Gasteiger partial charge in [0, 0.05) is 6.04 Å². The number of hydrogen-bond donors (Lipinski definition) is 2. The van der Waals surface area contributed by atoms with Crippen LogP contribution < -0.4 is 5.32 Å². The summed E-state index contributed by atoms with van der Waals surface area (Å²) in [4.78, 5) is 22.9. The molecule has 0 unspecified atom stereocenters. The molecular formula is C11H14ClNO3S. The average molecular weight is 276 g/mol. The number of rotatable bonds is 6. The first-order valence-corrected chi connectivity index (χ1v) is 6.56. The molecule has 94 valence electrons. The zero-order chi connectivity index (χ0) is 12.8. The molecule has 1 aromatic rings. The molecule has 1 amide bonds. The van der Waals surface area contributed by atoms with Crippen LogP contribution in [0.2, 0.25) is 5.02 Å². The van der Waals surface area contributed by atoms with Gasteiger partial charge in [-0.1, -0.05) is 24.9 Å². The highest BCUT2D eigenvalue weighted by atomic mass is 35.5. The van der Waals surface area contributed by atoms with Crippen molar-refractivity contribution in [3.05, 3.63) is 21.3 Å². The fourth-order valence-corrected chi connectivity index (χ4v) is 2.54. The van der Waals surface area contributed by atoms with E-state index in [0.29, 0.717) is 16.3 Å². The van der Waals surface area contributed by atoms with E-state index in [4.69, 9.17) is 16.7 Å². The lowest BCUT2D eigenvalue weighted by Crippen LogP contribution is -2.36. The lowest BCUT2D eigenvalue weighted by Gasteiger charge is -2.15. The summed E-state index contributed by atoms with van der Waals surface area (Å²) >= 11 is 7.08. The Hall–Kier alpha value is -1.07. The Bertz CT molecular complexity index is 405. The van der Waals surface area contributed by atoms with Crippen molar-refractivity contribution in [2.24, 2.45) is 0 Å². The highest BCUT2D eigenvalue weighted by Gasteiger charge is 2.18. The summed E-state index contributed by atoms with van der Waals surface area (Å²) in [7, 11) is 0. The molecule has 0 aliphatic heterocycles. The van der Waals surface area contributed by atoms with Crippen LogP contribution in [-0.4, -0.2) is 23.0 Å². The Morgan fingerprint density at radius 3 is 2.76 bits per heavy atom. The molecule has 1 atom stereocenters. The van der Waals surface area contributed by atoms with Crippen molar-refractivity contribution >= 4 is 34.8 Å². The number of hydrogen-bond acceptors (Lipinski definition) is 3. The molecule has 0 fully saturated rings. The van der Waals surface area contributed by atoms with Gasteiger partial charge in [0.2, 0.25) is 0 Å². The van der Waals surface area contributed by atoms with Gasteiger partial charge >= 0.3 is 5.97 Å². The number of amides is 1. The van der Waals surface area contributed by atoms with Crippen molar-refractivity contribution in [3.63, 3.8) is 0 Å². The van der Waals surface area contributed by atoms with Crippen molar-refractivity contribution in [1.29, 1.82) is 0 Å². The number of carboxylic acids is 1. The smallest absolute Gasteiger partial charge is 0.305 e. The van der Waals surface area contributed by atoms with Gasteiger partial charge in [-0.3, -0.25) is 9.59 Å². The van der Waals surface area contributed by atoms with Gasteiger partial charge in [0.25, 0.3) is 5.91 Å². The van der Waals surface area contributed by atoms with E-state index in [0.717, 1.165) is 6.42 Å². The topological polar surface area (TPSA) is 66.4 Å². The fraction of sp³-hybridized carbons (Fsp3) is 0.455. The van der Waals surface area contributed by atoms with Crippen LogP contribution in [0.4, 0.5) is 0 Å². The molecule has 0 aliphatic carbocycles. The number of aliphatic carboxylic acids is 1. The largest absolute Gasteiger partial charge is 0.481 e. The van der Waals surface area contributed by atoms with E-state index in [-0.39, 0.29) is 18.4 Å². The van der Waals surface area contributed by atoms with E-state index in [1.807, 2.05) is 6.92 Å². The van der Waals surface area contributed by atoms with Crippen LogP contribution >= 0.6 is 22.9 Å². The zero-order valence-electron chi connectivity index (χ0n) is 9.40. The summed E-state index contributed by atoms with van der Waals surface area (Å²) in [5.41, 5.74) is 0. The zero-order valence-corrected chi connectivity index (χ0v) is 11.0. The maximum absolute atomic E-state index is 11.8. The maximum Gasteiger partial charge on any atom is 0.305 e. The van der Waals surface area contributed by atoms with Crippen molar-refractivity contribution < 1.29 is 14.7 Å². The predicted octanol–water partition coefficient (Wildman–Crippen LogP) is 2.77. The normalized spacial score (nSPS) is 12.1. The Labute approximate surface area is 109 Å². The first-order valence-electron chi connectivity index (χ1n) is 5.30. The molecule has 1 aromatic heterocycles. The van der Waals surface area contributed by atoms with Crippen LogP contribution in [0, 0.1) is 0 Å². The van der Waals surface area contributed by atoms with Gasteiger partial charge in [-0.25, -0.2) is 0 Å². The van der Waals surface area contributed by atoms with Crippen LogP contribution in [0.5, 0.6) is 0 Å². The summed E-state index contributed by atoms with van der Waals surface area (Å²) in [6.07, 6.45) is 1.39. The molecule has 0 aromatic carbocycles. The summed E-state index contributed by atoms with van der Waals surface area (Å²) in [6, 6.07) is 1.30. The van der Waals surface area contributed by atoms with E-state index in [2.05, 4.69) is 5.32 Å². The molecule has 0 radical (unpaired) electrons. The lowest BCUT2D eigenvalue weighted by atomic mass is 10.1.